The smallest absolute Gasteiger partial charge is 0.382 e. The molecule has 0 fully saturated rings. The second kappa shape index (κ2) is 5.39. The standard InChI is InChI=1S/C13H9F6N3/c14-12(15,16)7-5-10(11(20)21-6-7)22-9-4-2-1-3-8(9)13(17,18)19/h1-6,22H,(H2,20,21). The van der Waals surface area contributed by atoms with Crippen molar-refractivity contribution in [3.8, 4) is 0 Å². The van der Waals surface area contributed by atoms with Crippen molar-refractivity contribution in [3.63, 3.8) is 0 Å². The molecule has 1 aromatic heterocycles. The summed E-state index contributed by atoms with van der Waals surface area (Å²) in [5.41, 5.74) is 2.51. The van der Waals surface area contributed by atoms with E-state index in [1.54, 1.807) is 0 Å². The molecule has 9 heteroatoms. The monoisotopic (exact) mass is 321 g/mol. The number of halogens is 6. The number of nitrogens with zero attached hydrogens (tertiary/aromatic N) is 1. The number of hydrogen-bond donors (Lipinski definition) is 2. The van der Waals surface area contributed by atoms with E-state index in [1.165, 1.54) is 12.1 Å². The van der Waals surface area contributed by atoms with Gasteiger partial charge in [-0.1, -0.05) is 12.1 Å². The molecule has 1 aromatic carbocycles. The Kier molecular flexibility index (Phi) is 3.90. The summed E-state index contributed by atoms with van der Waals surface area (Å²) in [6.45, 7) is 0. The number of nitrogens with two attached hydrogens (primary N) is 1. The Morgan fingerprint density at radius 2 is 1.55 bits per heavy atom. The highest BCUT2D eigenvalue weighted by Gasteiger charge is 2.34. The fraction of sp³-hybridized carbons (Fsp3) is 0.154. The molecule has 0 saturated carbocycles. The van der Waals surface area contributed by atoms with E-state index < -0.39 is 29.2 Å². The van der Waals surface area contributed by atoms with Crippen LogP contribution >= 0.6 is 0 Å². The lowest BCUT2D eigenvalue weighted by atomic mass is 10.1. The Hall–Kier alpha value is -2.45. The fourth-order valence-electron chi connectivity index (χ4n) is 1.71. The van der Waals surface area contributed by atoms with Crippen LogP contribution in [0.15, 0.2) is 36.5 Å². The van der Waals surface area contributed by atoms with Crippen LogP contribution in [0.2, 0.25) is 0 Å². The number of benzene rings is 1. The van der Waals surface area contributed by atoms with Crippen molar-refractivity contribution in [2.45, 2.75) is 12.4 Å². The summed E-state index contributed by atoms with van der Waals surface area (Å²) in [6, 6.07) is 4.98. The average molecular weight is 321 g/mol. The minimum atomic E-state index is -4.68. The Morgan fingerprint density at radius 3 is 2.14 bits per heavy atom. The molecule has 0 atom stereocenters. The van der Waals surface area contributed by atoms with Crippen LogP contribution in [0.3, 0.4) is 0 Å². The Bertz CT molecular complexity index is 678. The maximum Gasteiger partial charge on any atom is 0.418 e. The normalized spacial score (nSPS) is 12.3. The molecule has 0 amide bonds. The first-order chi connectivity index (χ1) is 10.1. The topological polar surface area (TPSA) is 50.9 Å². The van der Waals surface area contributed by atoms with Crippen molar-refractivity contribution in [3.05, 3.63) is 47.7 Å². The third-order valence-corrected chi connectivity index (χ3v) is 2.75. The first-order valence-electron chi connectivity index (χ1n) is 5.85. The van der Waals surface area contributed by atoms with E-state index >= 15 is 0 Å². The van der Waals surface area contributed by atoms with Crippen LogP contribution in [-0.2, 0) is 12.4 Å². The van der Waals surface area contributed by atoms with E-state index in [9.17, 15) is 26.3 Å². The van der Waals surface area contributed by atoms with Gasteiger partial charge in [-0.05, 0) is 18.2 Å². The number of nitrogens with one attached hydrogen (secondary N) is 1. The third-order valence-electron chi connectivity index (χ3n) is 2.75. The molecule has 0 aliphatic carbocycles. The number of rotatable bonds is 2. The molecule has 0 aliphatic heterocycles. The van der Waals surface area contributed by atoms with E-state index in [-0.39, 0.29) is 11.5 Å². The van der Waals surface area contributed by atoms with Crippen LogP contribution in [0, 0.1) is 0 Å². The summed E-state index contributed by atoms with van der Waals surface area (Å²) >= 11 is 0. The first-order valence-corrected chi connectivity index (χ1v) is 5.85. The lowest BCUT2D eigenvalue weighted by molar-refractivity contribution is -0.138. The Balaban J connectivity index is 2.44. The summed E-state index contributed by atoms with van der Waals surface area (Å²) in [7, 11) is 0. The number of alkyl halides is 6. The largest absolute Gasteiger partial charge is 0.418 e. The summed E-state index contributed by atoms with van der Waals surface area (Å²) in [4.78, 5) is 3.35. The molecule has 118 valence electrons. The van der Waals surface area contributed by atoms with E-state index in [0.29, 0.717) is 12.3 Å². The van der Waals surface area contributed by atoms with Crippen molar-refractivity contribution < 1.29 is 26.3 Å². The second-order valence-electron chi connectivity index (χ2n) is 4.32. The van der Waals surface area contributed by atoms with Gasteiger partial charge in [0.2, 0.25) is 0 Å². The zero-order chi connectivity index (χ0) is 16.5. The van der Waals surface area contributed by atoms with Gasteiger partial charge in [0.25, 0.3) is 0 Å². The van der Waals surface area contributed by atoms with E-state index in [4.69, 9.17) is 5.73 Å². The van der Waals surface area contributed by atoms with Gasteiger partial charge in [0.1, 0.15) is 5.82 Å². The maximum atomic E-state index is 12.9. The molecule has 2 rings (SSSR count). The van der Waals surface area contributed by atoms with Crippen LogP contribution in [0.1, 0.15) is 11.1 Å². The van der Waals surface area contributed by atoms with Gasteiger partial charge in [0.15, 0.2) is 0 Å². The Labute approximate surface area is 120 Å². The second-order valence-corrected chi connectivity index (χ2v) is 4.32. The molecule has 2 aromatic rings. The fourth-order valence-corrected chi connectivity index (χ4v) is 1.71. The summed E-state index contributed by atoms with van der Waals surface area (Å²) in [6.07, 6.45) is -8.83. The molecule has 0 aliphatic rings. The third kappa shape index (κ3) is 3.41. The molecule has 0 unspecified atom stereocenters. The minimum Gasteiger partial charge on any atom is -0.382 e. The van der Waals surface area contributed by atoms with Crippen LogP contribution in [0.25, 0.3) is 0 Å². The van der Waals surface area contributed by atoms with Crippen molar-refractivity contribution in [2.75, 3.05) is 11.1 Å². The number of nitrogen functional groups attached to an aromatic ring is 1. The molecule has 0 bridgehead atoms. The van der Waals surface area contributed by atoms with Gasteiger partial charge in [-0.3, -0.25) is 0 Å². The van der Waals surface area contributed by atoms with Crippen LogP contribution in [0.4, 0.5) is 43.5 Å². The molecule has 0 saturated heterocycles. The zero-order valence-electron chi connectivity index (χ0n) is 10.8. The quantitative estimate of drug-likeness (QED) is 0.804. The number of pyridine rings is 1. The number of anilines is 3. The van der Waals surface area contributed by atoms with Gasteiger partial charge in [-0.2, -0.15) is 26.3 Å². The number of para-hydroxylation sites is 1. The van der Waals surface area contributed by atoms with Crippen LogP contribution in [-0.4, -0.2) is 4.98 Å². The zero-order valence-corrected chi connectivity index (χ0v) is 10.8. The van der Waals surface area contributed by atoms with Crippen LogP contribution < -0.4 is 11.1 Å². The lowest BCUT2D eigenvalue weighted by Gasteiger charge is -2.16. The molecule has 0 radical (unpaired) electrons. The Morgan fingerprint density at radius 1 is 0.909 bits per heavy atom. The number of hydrogen-bond acceptors (Lipinski definition) is 3. The molecule has 0 spiro atoms. The first kappa shape index (κ1) is 15.9. The SMILES string of the molecule is Nc1ncc(C(F)(F)F)cc1Nc1ccccc1C(F)(F)F. The lowest BCUT2D eigenvalue weighted by Crippen LogP contribution is -2.11. The number of aromatic nitrogens is 1. The molecule has 1 heterocycles. The minimum absolute atomic E-state index is 0.343. The predicted molar refractivity (Wildman–Crippen MR) is 68.4 cm³/mol. The van der Waals surface area contributed by atoms with Crippen molar-refractivity contribution in [1.29, 1.82) is 0 Å². The van der Waals surface area contributed by atoms with Gasteiger partial charge < -0.3 is 11.1 Å². The summed E-state index contributed by atoms with van der Waals surface area (Å²) in [5, 5.41) is 2.25. The van der Waals surface area contributed by atoms with Crippen molar-refractivity contribution >= 4 is 17.2 Å². The molecular weight excluding hydrogens is 312 g/mol. The van der Waals surface area contributed by atoms with E-state index in [0.717, 1.165) is 12.1 Å². The summed E-state index contributed by atoms with van der Waals surface area (Å²) in [5.74, 6) is -0.343. The van der Waals surface area contributed by atoms with Crippen LogP contribution in [0.5, 0.6) is 0 Å². The molecule has 22 heavy (non-hydrogen) atoms. The maximum absolute atomic E-state index is 12.9. The highest BCUT2D eigenvalue weighted by atomic mass is 19.4. The van der Waals surface area contributed by atoms with Gasteiger partial charge in [-0.15, -0.1) is 0 Å². The highest BCUT2D eigenvalue weighted by molar-refractivity contribution is 5.72. The van der Waals surface area contributed by atoms with E-state index in [2.05, 4.69) is 10.3 Å². The van der Waals surface area contributed by atoms with Gasteiger partial charge in [0, 0.05) is 6.20 Å². The molecular formula is C13H9F6N3. The van der Waals surface area contributed by atoms with E-state index in [1.807, 2.05) is 0 Å². The van der Waals surface area contributed by atoms with Gasteiger partial charge >= 0.3 is 12.4 Å². The highest BCUT2D eigenvalue weighted by Crippen LogP contribution is 2.37. The molecule has 3 nitrogen and oxygen atoms in total. The average Bonchev–Trinajstić information content (AvgIpc) is 2.39. The van der Waals surface area contributed by atoms with Crippen molar-refractivity contribution in [2.24, 2.45) is 0 Å². The van der Waals surface area contributed by atoms with Crippen molar-refractivity contribution in [1.82, 2.24) is 4.98 Å². The molecule has 3 N–H and O–H groups in total. The summed E-state index contributed by atoms with van der Waals surface area (Å²) < 4.78 is 76.4. The van der Waals surface area contributed by atoms with Gasteiger partial charge in [-0.25, -0.2) is 4.98 Å². The predicted octanol–water partition coefficient (Wildman–Crippen LogP) is 4.45. The van der Waals surface area contributed by atoms with Gasteiger partial charge in [0.05, 0.1) is 22.5 Å².